The number of hydrogen-bond acceptors (Lipinski definition) is 6. The van der Waals surface area contributed by atoms with Crippen LogP contribution in [0.3, 0.4) is 0 Å². The molecule has 0 spiro atoms. The van der Waals surface area contributed by atoms with Crippen molar-refractivity contribution in [2.24, 2.45) is 4.99 Å². The van der Waals surface area contributed by atoms with E-state index in [9.17, 15) is 9.59 Å². The minimum Gasteiger partial charge on any atom is -0.494 e. The van der Waals surface area contributed by atoms with Crippen molar-refractivity contribution in [3.05, 3.63) is 141 Å². The van der Waals surface area contributed by atoms with E-state index in [1.54, 1.807) is 11.5 Å². The zero-order valence-corrected chi connectivity index (χ0v) is 29.3. The number of aryl methyl sites for hydroxylation is 2. The van der Waals surface area contributed by atoms with Gasteiger partial charge in [0.05, 0.1) is 35.1 Å². The summed E-state index contributed by atoms with van der Waals surface area (Å²) >= 11 is 3.68. The van der Waals surface area contributed by atoms with Gasteiger partial charge in [-0.25, -0.2) is 9.79 Å². The predicted octanol–water partition coefficient (Wildman–Crippen LogP) is 6.65. The normalized spacial score (nSPS) is 14.7. The van der Waals surface area contributed by atoms with Crippen molar-refractivity contribution in [2.45, 2.75) is 40.7 Å². The number of aromatic nitrogens is 2. The van der Waals surface area contributed by atoms with Gasteiger partial charge >= 0.3 is 5.97 Å². The smallest absolute Gasteiger partial charge is 0.338 e. The highest BCUT2D eigenvalue weighted by atomic mass is 127. The molecule has 0 fully saturated rings. The third-order valence-corrected chi connectivity index (χ3v) is 10.2. The molecule has 6 rings (SSSR count). The molecule has 0 saturated carbocycles. The molecule has 2 aromatic heterocycles. The molecule has 0 bridgehead atoms. The van der Waals surface area contributed by atoms with Gasteiger partial charge in [-0.1, -0.05) is 59.9 Å². The van der Waals surface area contributed by atoms with Crippen LogP contribution in [0.15, 0.2) is 94.2 Å². The zero-order chi connectivity index (χ0) is 32.5. The maximum absolute atomic E-state index is 14.4. The number of carbonyl (C=O) groups excluding carboxylic acids is 1. The molecule has 0 N–H and O–H groups in total. The van der Waals surface area contributed by atoms with E-state index in [1.807, 2.05) is 67.6 Å². The summed E-state index contributed by atoms with van der Waals surface area (Å²) in [5, 5.41) is 0. The van der Waals surface area contributed by atoms with Crippen LogP contribution in [0, 0.1) is 24.3 Å². The molecule has 0 saturated heterocycles. The number of ether oxygens (including phenoxy) is 2. The van der Waals surface area contributed by atoms with Gasteiger partial charge in [0.2, 0.25) is 0 Å². The number of benzene rings is 3. The molecule has 9 heteroatoms. The fourth-order valence-electron chi connectivity index (χ4n) is 5.86. The van der Waals surface area contributed by atoms with Crippen LogP contribution < -0.4 is 19.6 Å². The topological polar surface area (TPSA) is 74.8 Å². The third kappa shape index (κ3) is 5.89. The quantitative estimate of drug-likeness (QED) is 0.132. The third-order valence-electron chi connectivity index (χ3n) is 8.05. The Morgan fingerprint density at radius 3 is 2.39 bits per heavy atom. The van der Waals surface area contributed by atoms with E-state index in [0.717, 1.165) is 33.8 Å². The van der Waals surface area contributed by atoms with Crippen LogP contribution in [0.4, 0.5) is 0 Å². The molecular formula is C37H34IN3O4S. The van der Waals surface area contributed by atoms with Crippen LogP contribution in [0.1, 0.15) is 53.5 Å². The summed E-state index contributed by atoms with van der Waals surface area (Å²) in [6, 6.07) is 24.9. The van der Waals surface area contributed by atoms with Crippen molar-refractivity contribution < 1.29 is 14.3 Å². The van der Waals surface area contributed by atoms with E-state index in [1.165, 1.54) is 20.5 Å². The summed E-state index contributed by atoms with van der Waals surface area (Å²) in [6.45, 7) is 10.7. The minimum absolute atomic E-state index is 0.195. The lowest BCUT2D eigenvalue weighted by Crippen LogP contribution is -2.40. The van der Waals surface area contributed by atoms with Gasteiger partial charge in [-0.05, 0) is 110 Å². The summed E-state index contributed by atoms with van der Waals surface area (Å²) in [4.78, 5) is 33.6. The highest BCUT2D eigenvalue weighted by Crippen LogP contribution is 2.36. The lowest BCUT2D eigenvalue weighted by atomic mass is 9.93. The van der Waals surface area contributed by atoms with Gasteiger partial charge in [-0.2, -0.15) is 0 Å². The van der Waals surface area contributed by atoms with E-state index >= 15 is 0 Å². The first-order valence-corrected chi connectivity index (χ1v) is 17.1. The Balaban J connectivity index is 1.58. The van der Waals surface area contributed by atoms with Crippen molar-refractivity contribution in [3.63, 3.8) is 0 Å². The zero-order valence-electron chi connectivity index (χ0n) is 26.3. The standard InChI is InChI=1S/C37H34IN3O4S/c1-6-44-29-17-14-26(15-18-29)34-32(36(43)45-7-2)33(25-11-9-8-10-12-25)39-37-41(34)35(42)31(46-37)20-27-19-23(4)40(24(27)5)28-16-13-22(3)30(38)21-28/h8-21,34H,6-7H2,1-5H3/b31-20-/t34-/m0/s1. The molecular weight excluding hydrogens is 709 g/mol. The summed E-state index contributed by atoms with van der Waals surface area (Å²) in [5.41, 5.74) is 7.49. The maximum Gasteiger partial charge on any atom is 0.338 e. The van der Waals surface area contributed by atoms with E-state index in [4.69, 9.17) is 14.5 Å². The molecule has 7 nitrogen and oxygen atoms in total. The van der Waals surface area contributed by atoms with Crippen molar-refractivity contribution >= 4 is 51.7 Å². The van der Waals surface area contributed by atoms with Crippen molar-refractivity contribution in [3.8, 4) is 11.4 Å². The van der Waals surface area contributed by atoms with Crippen LogP contribution >= 0.6 is 33.9 Å². The Kier molecular flexibility index (Phi) is 9.15. The first-order valence-electron chi connectivity index (χ1n) is 15.2. The van der Waals surface area contributed by atoms with Crippen molar-refractivity contribution in [1.29, 1.82) is 0 Å². The predicted molar refractivity (Wildman–Crippen MR) is 191 cm³/mol. The fraction of sp³-hybridized carbons (Fsp3) is 0.216. The van der Waals surface area contributed by atoms with Crippen LogP contribution in [-0.2, 0) is 9.53 Å². The average molecular weight is 744 g/mol. The van der Waals surface area contributed by atoms with Crippen LogP contribution in [-0.4, -0.2) is 28.3 Å². The molecule has 234 valence electrons. The van der Waals surface area contributed by atoms with E-state index < -0.39 is 12.0 Å². The fourth-order valence-corrected chi connectivity index (χ4v) is 7.35. The largest absolute Gasteiger partial charge is 0.494 e. The Labute approximate surface area is 285 Å². The second-order valence-corrected chi connectivity index (χ2v) is 13.2. The van der Waals surface area contributed by atoms with Gasteiger partial charge in [-0.3, -0.25) is 9.36 Å². The number of hydrogen-bond donors (Lipinski definition) is 0. The highest BCUT2D eigenvalue weighted by Gasteiger charge is 2.35. The van der Waals surface area contributed by atoms with Gasteiger partial charge in [0.15, 0.2) is 4.80 Å². The van der Waals surface area contributed by atoms with E-state index in [2.05, 4.69) is 72.2 Å². The molecule has 3 heterocycles. The highest BCUT2D eigenvalue weighted by molar-refractivity contribution is 14.1. The van der Waals surface area contributed by atoms with Crippen molar-refractivity contribution in [1.82, 2.24) is 9.13 Å². The number of esters is 1. The second-order valence-electron chi connectivity index (χ2n) is 11.0. The molecule has 46 heavy (non-hydrogen) atoms. The Bertz CT molecular complexity index is 2160. The lowest BCUT2D eigenvalue weighted by molar-refractivity contribution is -0.138. The minimum atomic E-state index is -0.745. The number of fused-ring (bicyclic) bond motifs is 1. The SMILES string of the molecule is CCOC(=O)C1=C(c2ccccc2)N=c2s/c(=C\c3cc(C)n(-c4ccc(C)c(I)c4)c3C)c(=O)n2[C@H]1c1ccc(OCC)cc1. The van der Waals surface area contributed by atoms with Gasteiger partial charge in [0.1, 0.15) is 5.75 Å². The number of rotatable bonds is 8. The Morgan fingerprint density at radius 1 is 0.978 bits per heavy atom. The number of carbonyl (C=O) groups is 1. The van der Waals surface area contributed by atoms with Crippen LogP contribution in [0.2, 0.25) is 0 Å². The lowest BCUT2D eigenvalue weighted by Gasteiger charge is -2.26. The van der Waals surface area contributed by atoms with Gasteiger partial charge in [0.25, 0.3) is 5.56 Å². The molecule has 1 atom stereocenters. The van der Waals surface area contributed by atoms with Gasteiger partial charge < -0.3 is 14.0 Å². The second kappa shape index (κ2) is 13.3. The van der Waals surface area contributed by atoms with Crippen LogP contribution in [0.5, 0.6) is 5.75 Å². The molecule has 0 amide bonds. The molecule has 1 aliphatic heterocycles. The number of halogens is 1. The average Bonchev–Trinajstić information content (AvgIpc) is 3.52. The number of thiazole rings is 1. The molecule has 5 aromatic rings. The van der Waals surface area contributed by atoms with Crippen molar-refractivity contribution in [2.75, 3.05) is 13.2 Å². The summed E-state index contributed by atoms with van der Waals surface area (Å²) in [7, 11) is 0. The van der Waals surface area contributed by atoms with E-state index in [-0.39, 0.29) is 12.2 Å². The molecule has 3 aromatic carbocycles. The first kappa shape index (κ1) is 31.7. The molecule has 0 radical (unpaired) electrons. The summed E-state index contributed by atoms with van der Waals surface area (Å²) in [5.74, 6) is 0.205. The number of nitrogens with zero attached hydrogens (tertiary/aromatic N) is 3. The first-order chi connectivity index (χ1) is 22.2. The van der Waals surface area contributed by atoms with Gasteiger partial charge in [0, 0.05) is 26.2 Å². The van der Waals surface area contributed by atoms with Crippen LogP contribution in [0.25, 0.3) is 17.5 Å². The van der Waals surface area contributed by atoms with Gasteiger partial charge in [-0.15, -0.1) is 0 Å². The Morgan fingerprint density at radius 2 is 1.72 bits per heavy atom. The van der Waals surface area contributed by atoms with E-state index in [0.29, 0.717) is 33.0 Å². The summed E-state index contributed by atoms with van der Waals surface area (Å²) < 4.78 is 16.8. The maximum atomic E-state index is 14.4. The monoisotopic (exact) mass is 743 g/mol. The Hall–Kier alpha value is -4.22. The molecule has 0 unspecified atom stereocenters. The molecule has 0 aliphatic carbocycles. The summed E-state index contributed by atoms with van der Waals surface area (Å²) in [6.07, 6.45) is 1.94. The molecule has 1 aliphatic rings.